The van der Waals surface area contributed by atoms with Crippen molar-refractivity contribution in [2.75, 3.05) is 37.6 Å². The van der Waals surface area contributed by atoms with Gasteiger partial charge in [0, 0.05) is 43.9 Å². The molecule has 0 amide bonds. The predicted molar refractivity (Wildman–Crippen MR) is 94.0 cm³/mol. The van der Waals surface area contributed by atoms with Gasteiger partial charge in [-0.1, -0.05) is 23.7 Å². The van der Waals surface area contributed by atoms with Crippen molar-refractivity contribution in [1.82, 2.24) is 9.88 Å². The van der Waals surface area contributed by atoms with Crippen LogP contribution in [0.2, 0.25) is 5.02 Å². The molecule has 0 saturated carbocycles. The lowest BCUT2D eigenvalue weighted by Crippen LogP contribution is -2.47. The fraction of sp³-hybridized carbons (Fsp3) is 0.333. The summed E-state index contributed by atoms with van der Waals surface area (Å²) < 4.78 is 0. The lowest BCUT2D eigenvalue weighted by Gasteiger charge is -2.36. The Morgan fingerprint density at radius 2 is 1.83 bits per heavy atom. The average molecular weight is 343 g/mol. The van der Waals surface area contributed by atoms with Crippen LogP contribution in [0.3, 0.4) is 0 Å². The van der Waals surface area contributed by atoms with Gasteiger partial charge >= 0.3 is 0 Å². The minimum Gasteiger partial charge on any atom is -0.387 e. The summed E-state index contributed by atoms with van der Waals surface area (Å²) in [6, 6.07) is 13.1. The number of anilines is 1. The Kier molecular flexibility index (Phi) is 5.31. The summed E-state index contributed by atoms with van der Waals surface area (Å²) in [5.74, 6) is 0.895. The van der Waals surface area contributed by atoms with E-state index in [0.717, 1.165) is 37.6 Å². The van der Waals surface area contributed by atoms with Crippen LogP contribution >= 0.6 is 11.6 Å². The third-order valence-electron chi connectivity index (χ3n) is 4.26. The van der Waals surface area contributed by atoms with E-state index in [4.69, 9.17) is 16.9 Å². The Hall–Kier alpha value is -2.13. The lowest BCUT2D eigenvalue weighted by atomic mass is 10.1. The number of hydrogen-bond acceptors (Lipinski definition) is 5. The second-order valence-electron chi connectivity index (χ2n) is 5.87. The molecule has 6 heteroatoms. The van der Waals surface area contributed by atoms with E-state index in [2.05, 4.69) is 20.9 Å². The third-order valence-corrected chi connectivity index (χ3v) is 4.51. The standard InChI is InChI=1S/C18H19ClN4O/c19-16-4-2-15(3-5-16)17(24)13-22-7-9-23(10-8-22)18-6-1-14(11-20)12-21-18/h1-6,12,17,24H,7-10,13H2/t17-/m0/s1. The number of nitriles is 1. The van der Waals surface area contributed by atoms with E-state index < -0.39 is 6.10 Å². The molecule has 1 aromatic heterocycles. The van der Waals surface area contributed by atoms with E-state index in [1.807, 2.05) is 18.2 Å². The fourth-order valence-electron chi connectivity index (χ4n) is 2.83. The average Bonchev–Trinajstić information content (AvgIpc) is 2.63. The summed E-state index contributed by atoms with van der Waals surface area (Å²) in [5, 5.41) is 19.9. The second kappa shape index (κ2) is 7.63. The molecule has 1 saturated heterocycles. The molecule has 0 unspecified atom stereocenters. The van der Waals surface area contributed by atoms with Crippen molar-refractivity contribution in [3.05, 3.63) is 58.7 Å². The molecule has 0 aliphatic carbocycles. The molecular weight excluding hydrogens is 324 g/mol. The number of benzene rings is 1. The molecule has 1 N–H and O–H groups in total. The van der Waals surface area contributed by atoms with E-state index in [1.54, 1.807) is 24.4 Å². The summed E-state index contributed by atoms with van der Waals surface area (Å²) in [6.45, 7) is 4.05. The minimum absolute atomic E-state index is 0.512. The highest BCUT2D eigenvalue weighted by atomic mass is 35.5. The van der Waals surface area contributed by atoms with Gasteiger partial charge < -0.3 is 10.0 Å². The number of pyridine rings is 1. The molecule has 5 nitrogen and oxygen atoms in total. The smallest absolute Gasteiger partial charge is 0.128 e. The second-order valence-corrected chi connectivity index (χ2v) is 6.31. The molecule has 2 heterocycles. The molecule has 1 aliphatic rings. The van der Waals surface area contributed by atoms with E-state index in [-0.39, 0.29) is 0 Å². The number of hydrogen-bond donors (Lipinski definition) is 1. The largest absolute Gasteiger partial charge is 0.387 e. The summed E-state index contributed by atoms with van der Waals surface area (Å²) in [7, 11) is 0. The highest BCUT2D eigenvalue weighted by molar-refractivity contribution is 6.30. The molecule has 24 heavy (non-hydrogen) atoms. The lowest BCUT2D eigenvalue weighted by molar-refractivity contribution is 0.109. The normalized spacial score (nSPS) is 16.6. The maximum absolute atomic E-state index is 10.4. The van der Waals surface area contributed by atoms with Crippen molar-refractivity contribution in [3.63, 3.8) is 0 Å². The number of nitrogens with zero attached hydrogens (tertiary/aromatic N) is 4. The predicted octanol–water partition coefficient (Wildman–Crippen LogP) is 2.46. The molecule has 0 radical (unpaired) electrons. The number of aliphatic hydroxyl groups is 1. The number of rotatable bonds is 4. The highest BCUT2D eigenvalue weighted by Crippen LogP contribution is 2.19. The van der Waals surface area contributed by atoms with Crippen LogP contribution in [-0.2, 0) is 0 Å². The van der Waals surface area contributed by atoms with Crippen molar-refractivity contribution in [2.45, 2.75) is 6.10 Å². The molecule has 0 spiro atoms. The van der Waals surface area contributed by atoms with Crippen LogP contribution < -0.4 is 4.90 Å². The Morgan fingerprint density at radius 1 is 1.12 bits per heavy atom. The van der Waals surface area contributed by atoms with E-state index in [9.17, 15) is 5.11 Å². The minimum atomic E-state index is -0.512. The topological polar surface area (TPSA) is 63.4 Å². The zero-order chi connectivity index (χ0) is 16.9. The number of aromatic nitrogens is 1. The van der Waals surface area contributed by atoms with Crippen molar-refractivity contribution in [3.8, 4) is 6.07 Å². The van der Waals surface area contributed by atoms with Gasteiger partial charge in [0.1, 0.15) is 11.9 Å². The summed E-state index contributed by atoms with van der Waals surface area (Å²) in [4.78, 5) is 8.79. The van der Waals surface area contributed by atoms with Gasteiger partial charge in [-0.25, -0.2) is 4.98 Å². The van der Waals surface area contributed by atoms with Gasteiger partial charge in [-0.05, 0) is 29.8 Å². The molecule has 0 bridgehead atoms. The molecule has 3 rings (SSSR count). The fourth-order valence-corrected chi connectivity index (χ4v) is 2.96. The van der Waals surface area contributed by atoms with Crippen LogP contribution in [0.5, 0.6) is 0 Å². The van der Waals surface area contributed by atoms with Gasteiger partial charge in [0.25, 0.3) is 0 Å². The number of halogens is 1. The van der Waals surface area contributed by atoms with E-state index in [1.165, 1.54) is 0 Å². The van der Waals surface area contributed by atoms with Crippen LogP contribution in [0.4, 0.5) is 5.82 Å². The Balaban J connectivity index is 1.53. The van der Waals surface area contributed by atoms with Crippen LogP contribution in [0.15, 0.2) is 42.6 Å². The molecule has 1 atom stereocenters. The quantitative estimate of drug-likeness (QED) is 0.924. The SMILES string of the molecule is N#Cc1ccc(N2CCN(C[C@H](O)c3ccc(Cl)cc3)CC2)nc1. The Bertz CT molecular complexity index is 703. The third kappa shape index (κ3) is 4.04. The Labute approximate surface area is 146 Å². The molecule has 1 aliphatic heterocycles. The number of β-amino-alcohol motifs (C(OH)–C–C–N with tert-alkyl or cyclic N) is 1. The van der Waals surface area contributed by atoms with Crippen LogP contribution in [0, 0.1) is 11.3 Å². The number of piperazine rings is 1. The highest BCUT2D eigenvalue weighted by Gasteiger charge is 2.20. The van der Waals surface area contributed by atoms with Crippen molar-refractivity contribution in [2.24, 2.45) is 0 Å². The van der Waals surface area contributed by atoms with Crippen molar-refractivity contribution < 1.29 is 5.11 Å². The monoisotopic (exact) mass is 342 g/mol. The van der Waals surface area contributed by atoms with E-state index in [0.29, 0.717) is 17.1 Å². The van der Waals surface area contributed by atoms with Gasteiger partial charge in [0.2, 0.25) is 0 Å². The molecule has 1 fully saturated rings. The first kappa shape index (κ1) is 16.7. The summed E-state index contributed by atoms with van der Waals surface area (Å²) in [6.07, 6.45) is 1.09. The van der Waals surface area contributed by atoms with Crippen LogP contribution in [-0.4, -0.2) is 47.7 Å². The maximum atomic E-state index is 10.4. The van der Waals surface area contributed by atoms with E-state index >= 15 is 0 Å². The van der Waals surface area contributed by atoms with Crippen LogP contribution in [0.25, 0.3) is 0 Å². The zero-order valence-electron chi connectivity index (χ0n) is 13.3. The van der Waals surface area contributed by atoms with Gasteiger partial charge in [-0.3, -0.25) is 4.90 Å². The molecule has 1 aromatic carbocycles. The summed E-state index contributed by atoms with van der Waals surface area (Å²) >= 11 is 5.88. The van der Waals surface area contributed by atoms with Crippen molar-refractivity contribution >= 4 is 17.4 Å². The van der Waals surface area contributed by atoms with Crippen molar-refractivity contribution in [1.29, 1.82) is 5.26 Å². The van der Waals surface area contributed by atoms with Gasteiger partial charge in [-0.15, -0.1) is 0 Å². The first-order valence-corrected chi connectivity index (χ1v) is 8.30. The summed E-state index contributed by atoms with van der Waals surface area (Å²) in [5.41, 5.74) is 1.46. The Morgan fingerprint density at radius 3 is 2.42 bits per heavy atom. The molecule has 124 valence electrons. The first-order chi connectivity index (χ1) is 11.7. The van der Waals surface area contributed by atoms with Gasteiger partial charge in [0.15, 0.2) is 0 Å². The van der Waals surface area contributed by atoms with Gasteiger partial charge in [-0.2, -0.15) is 5.26 Å². The van der Waals surface area contributed by atoms with Gasteiger partial charge in [0.05, 0.1) is 11.7 Å². The zero-order valence-corrected chi connectivity index (χ0v) is 14.0. The molecular formula is C18H19ClN4O. The first-order valence-electron chi connectivity index (χ1n) is 7.92. The molecule has 2 aromatic rings. The van der Waals surface area contributed by atoms with Crippen LogP contribution in [0.1, 0.15) is 17.2 Å². The number of aliphatic hydroxyl groups excluding tert-OH is 1. The maximum Gasteiger partial charge on any atom is 0.128 e.